The van der Waals surface area contributed by atoms with Gasteiger partial charge in [-0.3, -0.25) is 14.5 Å². The van der Waals surface area contributed by atoms with Crippen molar-refractivity contribution in [3.05, 3.63) is 120 Å². The molecule has 0 unspecified atom stereocenters. The predicted octanol–water partition coefficient (Wildman–Crippen LogP) is 5.60. The molecule has 0 spiro atoms. The lowest BCUT2D eigenvalue weighted by Crippen LogP contribution is -2.26. The molecule has 0 aliphatic heterocycles. The number of nitrogens with two attached hydrogens (primary N) is 1. The molecule has 0 fully saturated rings. The van der Waals surface area contributed by atoms with Gasteiger partial charge in [-0.05, 0) is 53.6 Å². The molecule has 1 heterocycles. The molecule has 8 nitrogen and oxygen atoms in total. The number of benzene rings is 4. The molecule has 4 N–H and O–H groups in total. The highest BCUT2D eigenvalue weighted by Crippen LogP contribution is 2.27. The van der Waals surface area contributed by atoms with Crippen LogP contribution in [0.1, 0.15) is 21.5 Å². The smallest absolute Gasteiger partial charge is 0.255 e. The Morgan fingerprint density at radius 2 is 1.62 bits per heavy atom. The van der Waals surface area contributed by atoms with E-state index in [-0.39, 0.29) is 12.5 Å². The molecule has 1 aromatic heterocycles. The lowest BCUT2D eigenvalue weighted by molar-refractivity contribution is -0.107. The lowest BCUT2D eigenvalue weighted by atomic mass is 10.1. The maximum absolute atomic E-state index is 12.5. The number of nitrogens with zero attached hydrogens (tertiary/aromatic N) is 1. The summed E-state index contributed by atoms with van der Waals surface area (Å²) >= 11 is 0. The number of fused-ring (bicyclic) bond motifs is 1. The van der Waals surface area contributed by atoms with E-state index in [2.05, 4.69) is 22.8 Å². The Balaban J connectivity index is 1.13. The van der Waals surface area contributed by atoms with Crippen molar-refractivity contribution < 1.29 is 18.7 Å². The Morgan fingerprint density at radius 3 is 2.40 bits per heavy atom. The van der Waals surface area contributed by atoms with Crippen LogP contribution in [0.5, 0.6) is 5.75 Å². The van der Waals surface area contributed by atoms with E-state index in [1.165, 1.54) is 10.5 Å². The van der Waals surface area contributed by atoms with Crippen LogP contribution in [0.25, 0.3) is 11.0 Å². The number of hydrogen-bond acceptors (Lipinski definition) is 6. The van der Waals surface area contributed by atoms with Gasteiger partial charge in [0, 0.05) is 30.1 Å². The van der Waals surface area contributed by atoms with Gasteiger partial charge in [-0.1, -0.05) is 54.6 Å². The van der Waals surface area contributed by atoms with Crippen molar-refractivity contribution in [1.29, 1.82) is 0 Å². The Kier molecular flexibility index (Phi) is 8.38. The number of hydrogen-bond donors (Lipinski definition) is 3. The Labute approximate surface area is 232 Å². The second kappa shape index (κ2) is 12.6. The van der Waals surface area contributed by atoms with Gasteiger partial charge in [-0.25, -0.2) is 0 Å². The fourth-order valence-electron chi connectivity index (χ4n) is 4.24. The molecule has 0 bridgehead atoms. The molecule has 8 heteroatoms. The normalized spacial score (nSPS) is 10.8. The fourth-order valence-corrected chi connectivity index (χ4v) is 4.24. The number of furan rings is 1. The highest BCUT2D eigenvalue weighted by atomic mass is 16.5. The molecule has 2 amide bonds. The van der Waals surface area contributed by atoms with Crippen LogP contribution >= 0.6 is 0 Å². The third kappa shape index (κ3) is 6.67. The van der Waals surface area contributed by atoms with Crippen LogP contribution < -0.4 is 26.0 Å². The van der Waals surface area contributed by atoms with Gasteiger partial charge in [0.25, 0.3) is 5.91 Å². The number of ether oxygens (including phenoxy) is 1. The molecule has 40 heavy (non-hydrogen) atoms. The molecular weight excluding hydrogens is 504 g/mol. The quantitative estimate of drug-likeness (QED) is 0.142. The van der Waals surface area contributed by atoms with Gasteiger partial charge in [-0.2, -0.15) is 0 Å². The average molecular weight is 535 g/mol. The molecule has 0 radical (unpaired) electrons. The van der Waals surface area contributed by atoms with Crippen LogP contribution in [-0.2, 0) is 17.9 Å². The zero-order valence-corrected chi connectivity index (χ0v) is 21.9. The lowest BCUT2D eigenvalue weighted by Gasteiger charge is -2.14. The first kappa shape index (κ1) is 26.5. The molecule has 4 aromatic carbocycles. The number of para-hydroxylation sites is 2. The minimum absolute atomic E-state index is 0.247. The first-order valence-electron chi connectivity index (χ1n) is 13.0. The Bertz CT molecular complexity index is 1580. The van der Waals surface area contributed by atoms with E-state index in [0.29, 0.717) is 47.2 Å². The molecule has 202 valence electrons. The summed E-state index contributed by atoms with van der Waals surface area (Å²) < 4.78 is 11.8. The van der Waals surface area contributed by atoms with E-state index in [9.17, 15) is 9.59 Å². The van der Waals surface area contributed by atoms with Crippen molar-refractivity contribution in [2.24, 2.45) is 0 Å². The Morgan fingerprint density at radius 1 is 0.875 bits per heavy atom. The van der Waals surface area contributed by atoms with Crippen molar-refractivity contribution in [3.63, 3.8) is 0 Å². The summed E-state index contributed by atoms with van der Waals surface area (Å²) in [4.78, 5) is 25.8. The largest absolute Gasteiger partial charge is 0.492 e. The minimum atomic E-state index is -0.267. The highest BCUT2D eigenvalue weighted by Gasteiger charge is 2.13. The molecular formula is C32H30N4O4. The monoisotopic (exact) mass is 534 g/mol. The van der Waals surface area contributed by atoms with E-state index < -0.39 is 0 Å². The van der Waals surface area contributed by atoms with E-state index in [4.69, 9.17) is 14.9 Å². The molecule has 0 saturated carbocycles. The molecule has 5 aromatic rings. The number of rotatable bonds is 12. The number of nitrogens with one attached hydrogen (secondary N) is 2. The maximum Gasteiger partial charge on any atom is 0.255 e. The van der Waals surface area contributed by atoms with Gasteiger partial charge in [0.1, 0.15) is 17.9 Å². The second-order valence-electron chi connectivity index (χ2n) is 9.26. The number of carbonyl (C=O) groups is 2. The van der Waals surface area contributed by atoms with Crippen molar-refractivity contribution in [3.8, 4) is 5.75 Å². The van der Waals surface area contributed by atoms with Gasteiger partial charge in [0.05, 0.1) is 17.9 Å². The summed E-state index contributed by atoms with van der Waals surface area (Å²) in [6.45, 7) is 2.02. The summed E-state index contributed by atoms with van der Waals surface area (Å²) in [5, 5.41) is 7.15. The average Bonchev–Trinajstić information content (AvgIpc) is 3.41. The summed E-state index contributed by atoms with van der Waals surface area (Å²) in [5.41, 5.74) is 10.5. The molecule has 0 aliphatic rings. The van der Waals surface area contributed by atoms with Gasteiger partial charge >= 0.3 is 0 Å². The summed E-state index contributed by atoms with van der Waals surface area (Å²) in [7, 11) is 0. The zero-order valence-electron chi connectivity index (χ0n) is 21.9. The third-order valence-electron chi connectivity index (χ3n) is 6.41. The molecule has 0 atom stereocenters. The zero-order chi connectivity index (χ0) is 27.7. The van der Waals surface area contributed by atoms with Crippen molar-refractivity contribution in [2.45, 2.75) is 13.1 Å². The molecule has 5 rings (SSSR count). The standard InChI is InChI=1S/C32H30N4O4/c33-28-8-4-5-9-29(28)35-32(38)25-12-14-27(15-13-25)39-17-16-36(22-37)31-19-26-11-10-24(18-30(26)40-31)21-34-20-23-6-2-1-3-7-23/h1-15,18-19,22,34H,16-17,20-21,33H2,(H,35,38). The van der Waals surface area contributed by atoms with Crippen LogP contribution in [0.15, 0.2) is 108 Å². The van der Waals surface area contributed by atoms with Crippen LogP contribution in [0.4, 0.5) is 17.3 Å². The van der Waals surface area contributed by atoms with Gasteiger partial charge in [0.2, 0.25) is 12.3 Å². The number of nitrogen functional groups attached to an aromatic ring is 1. The number of carbonyl (C=O) groups excluding carboxylic acids is 2. The molecule has 0 aliphatic carbocycles. The second-order valence-corrected chi connectivity index (χ2v) is 9.26. The number of amides is 2. The van der Waals surface area contributed by atoms with Crippen molar-refractivity contribution in [1.82, 2.24) is 5.32 Å². The fraction of sp³-hybridized carbons (Fsp3) is 0.125. The van der Waals surface area contributed by atoms with Crippen LogP contribution in [0, 0.1) is 0 Å². The molecule has 0 saturated heterocycles. The number of anilines is 3. The minimum Gasteiger partial charge on any atom is -0.492 e. The maximum atomic E-state index is 12.5. The van der Waals surface area contributed by atoms with Crippen LogP contribution in [0.2, 0.25) is 0 Å². The highest BCUT2D eigenvalue weighted by molar-refractivity contribution is 6.05. The van der Waals surface area contributed by atoms with Gasteiger partial charge in [-0.15, -0.1) is 0 Å². The predicted molar refractivity (Wildman–Crippen MR) is 157 cm³/mol. The van der Waals surface area contributed by atoms with Gasteiger partial charge < -0.3 is 25.5 Å². The summed E-state index contributed by atoms with van der Waals surface area (Å²) in [6, 6.07) is 32.0. The van der Waals surface area contributed by atoms with E-state index in [1.54, 1.807) is 48.5 Å². The van der Waals surface area contributed by atoms with E-state index >= 15 is 0 Å². The van der Waals surface area contributed by atoms with Crippen molar-refractivity contribution >= 4 is 40.5 Å². The topological polar surface area (TPSA) is 110 Å². The third-order valence-corrected chi connectivity index (χ3v) is 6.41. The van der Waals surface area contributed by atoms with Crippen LogP contribution in [0.3, 0.4) is 0 Å². The van der Waals surface area contributed by atoms with E-state index in [1.807, 2.05) is 42.5 Å². The van der Waals surface area contributed by atoms with E-state index in [0.717, 1.165) is 23.9 Å². The SMILES string of the molecule is Nc1ccccc1NC(=O)c1ccc(OCCN(C=O)c2cc3ccc(CNCc4ccccc4)cc3o2)cc1. The summed E-state index contributed by atoms with van der Waals surface area (Å²) in [5.74, 6) is 0.769. The van der Waals surface area contributed by atoms with Gasteiger partial charge in [0.15, 0.2) is 0 Å². The first-order valence-corrected chi connectivity index (χ1v) is 13.0. The van der Waals surface area contributed by atoms with Crippen LogP contribution in [-0.4, -0.2) is 25.5 Å². The van der Waals surface area contributed by atoms with Crippen molar-refractivity contribution in [2.75, 3.05) is 29.1 Å². The summed E-state index contributed by atoms with van der Waals surface area (Å²) in [6.07, 6.45) is 0.728. The Hall–Kier alpha value is -5.08. The first-order chi connectivity index (χ1) is 19.6.